The van der Waals surface area contributed by atoms with E-state index in [-0.39, 0.29) is 27.6 Å². The number of nitrogens with two attached hydrogens (primary N) is 1. The first-order valence-corrected chi connectivity index (χ1v) is 10.9. The van der Waals surface area contributed by atoms with E-state index in [0.29, 0.717) is 11.0 Å². The molecular formula is C19H20BrFN2O3S. The quantitative estimate of drug-likeness (QED) is 0.724. The summed E-state index contributed by atoms with van der Waals surface area (Å²) in [4.78, 5) is 12.6. The molecular weight excluding hydrogens is 435 g/mol. The second-order valence-electron chi connectivity index (χ2n) is 6.86. The molecule has 1 amide bonds. The van der Waals surface area contributed by atoms with Crippen molar-refractivity contribution in [3.8, 4) is 0 Å². The van der Waals surface area contributed by atoms with Crippen LogP contribution in [0.2, 0.25) is 0 Å². The van der Waals surface area contributed by atoms with E-state index in [1.165, 1.54) is 30.3 Å². The van der Waals surface area contributed by atoms with E-state index in [4.69, 9.17) is 5.14 Å². The van der Waals surface area contributed by atoms with Crippen molar-refractivity contribution in [3.63, 3.8) is 0 Å². The molecule has 5 nitrogen and oxygen atoms in total. The Labute approximate surface area is 166 Å². The highest BCUT2D eigenvalue weighted by Gasteiger charge is 2.36. The van der Waals surface area contributed by atoms with Crippen molar-refractivity contribution in [1.29, 1.82) is 0 Å². The summed E-state index contributed by atoms with van der Waals surface area (Å²) < 4.78 is 36.9. The molecule has 0 heterocycles. The molecule has 0 radical (unpaired) electrons. The molecule has 144 valence electrons. The molecule has 27 heavy (non-hydrogen) atoms. The van der Waals surface area contributed by atoms with Crippen LogP contribution >= 0.6 is 15.9 Å². The average Bonchev–Trinajstić information content (AvgIpc) is 3.10. The van der Waals surface area contributed by atoms with Gasteiger partial charge < -0.3 is 5.32 Å². The predicted octanol–water partition coefficient (Wildman–Crippen LogP) is 3.48. The Kier molecular flexibility index (Phi) is 5.69. The fourth-order valence-electron chi connectivity index (χ4n) is 3.62. The molecule has 3 rings (SSSR count). The second kappa shape index (κ2) is 7.69. The summed E-state index contributed by atoms with van der Waals surface area (Å²) in [7, 11) is -3.90. The Morgan fingerprint density at radius 2 is 1.78 bits per heavy atom. The van der Waals surface area contributed by atoms with Gasteiger partial charge in [0.15, 0.2) is 0 Å². The minimum absolute atomic E-state index is 0.120. The van der Waals surface area contributed by atoms with Gasteiger partial charge in [-0.15, -0.1) is 0 Å². The van der Waals surface area contributed by atoms with Gasteiger partial charge in [-0.3, -0.25) is 4.79 Å². The summed E-state index contributed by atoms with van der Waals surface area (Å²) in [5, 5.41) is 8.07. The molecule has 3 N–H and O–H groups in total. The molecule has 0 spiro atoms. The van der Waals surface area contributed by atoms with Crippen LogP contribution < -0.4 is 10.5 Å². The van der Waals surface area contributed by atoms with Crippen LogP contribution in [0.15, 0.2) is 51.8 Å². The summed E-state index contributed by atoms with van der Waals surface area (Å²) in [5.41, 5.74) is 0.959. The van der Waals surface area contributed by atoms with Crippen LogP contribution in [0.5, 0.6) is 0 Å². The van der Waals surface area contributed by atoms with Crippen LogP contribution in [0.4, 0.5) is 4.39 Å². The van der Waals surface area contributed by atoms with E-state index in [0.717, 1.165) is 31.2 Å². The lowest BCUT2D eigenvalue weighted by molar-refractivity contribution is 0.0942. The molecule has 0 saturated heterocycles. The van der Waals surface area contributed by atoms with Gasteiger partial charge in [-0.2, -0.15) is 0 Å². The highest BCUT2D eigenvalue weighted by Crippen LogP contribution is 2.40. The monoisotopic (exact) mass is 454 g/mol. The number of carbonyl (C=O) groups excluding carboxylic acids is 1. The van der Waals surface area contributed by atoms with E-state index in [9.17, 15) is 17.6 Å². The van der Waals surface area contributed by atoms with Crippen LogP contribution in [0.25, 0.3) is 0 Å². The number of primary sulfonamides is 1. The van der Waals surface area contributed by atoms with Gasteiger partial charge in [-0.25, -0.2) is 17.9 Å². The van der Waals surface area contributed by atoms with Crippen molar-refractivity contribution in [3.05, 3.63) is 63.9 Å². The molecule has 1 aliphatic rings. The van der Waals surface area contributed by atoms with E-state index in [2.05, 4.69) is 21.2 Å². The summed E-state index contributed by atoms with van der Waals surface area (Å²) >= 11 is 3.28. The number of halogens is 2. The maximum absolute atomic E-state index is 13.3. The summed E-state index contributed by atoms with van der Waals surface area (Å²) in [6.07, 6.45) is 3.88. The first-order chi connectivity index (χ1) is 12.7. The number of nitrogens with one attached hydrogen (secondary N) is 1. The molecule has 0 aliphatic heterocycles. The van der Waals surface area contributed by atoms with Gasteiger partial charge in [0.1, 0.15) is 5.82 Å². The van der Waals surface area contributed by atoms with Crippen LogP contribution in [0.1, 0.15) is 41.6 Å². The van der Waals surface area contributed by atoms with Crippen molar-refractivity contribution in [2.75, 3.05) is 6.54 Å². The van der Waals surface area contributed by atoms with Crippen LogP contribution in [0.3, 0.4) is 0 Å². The molecule has 1 saturated carbocycles. The third-order valence-electron chi connectivity index (χ3n) is 5.12. The highest BCUT2D eigenvalue weighted by atomic mass is 79.9. The van der Waals surface area contributed by atoms with Crippen LogP contribution in [0, 0.1) is 5.82 Å². The summed E-state index contributed by atoms with van der Waals surface area (Å²) in [5.74, 6) is -0.680. The van der Waals surface area contributed by atoms with Gasteiger partial charge in [0, 0.05) is 16.4 Å². The van der Waals surface area contributed by atoms with Crippen molar-refractivity contribution < 1.29 is 17.6 Å². The molecule has 2 aromatic rings. The Balaban J connectivity index is 1.82. The zero-order valence-corrected chi connectivity index (χ0v) is 16.9. The first-order valence-electron chi connectivity index (χ1n) is 8.58. The van der Waals surface area contributed by atoms with Gasteiger partial charge in [-0.05, 0) is 64.7 Å². The highest BCUT2D eigenvalue weighted by molar-refractivity contribution is 9.10. The topological polar surface area (TPSA) is 89.3 Å². The van der Waals surface area contributed by atoms with Gasteiger partial charge in [0.2, 0.25) is 10.0 Å². The SMILES string of the molecule is NS(=O)(=O)c1ccc(Br)c(C(=O)NCC2(c3ccc(F)cc3)CCCC2)c1. The third kappa shape index (κ3) is 4.39. The van der Waals surface area contributed by atoms with Gasteiger partial charge >= 0.3 is 0 Å². The number of benzene rings is 2. The van der Waals surface area contributed by atoms with E-state index >= 15 is 0 Å². The molecule has 8 heteroatoms. The number of hydrogen-bond acceptors (Lipinski definition) is 3. The normalized spacial score (nSPS) is 16.3. The zero-order valence-electron chi connectivity index (χ0n) is 14.5. The number of rotatable bonds is 5. The Hall–Kier alpha value is -1.77. The van der Waals surface area contributed by atoms with E-state index in [1.54, 1.807) is 12.1 Å². The Morgan fingerprint density at radius 1 is 1.15 bits per heavy atom. The standard InChI is InChI=1S/C19H20BrFN2O3S/c20-17-8-7-15(27(22,25)26)11-16(17)18(24)23-12-19(9-1-2-10-19)13-3-5-14(21)6-4-13/h3-8,11H,1-2,9-10,12H2,(H,23,24)(H2,22,25,26). The van der Waals surface area contributed by atoms with Crippen LogP contribution in [-0.2, 0) is 15.4 Å². The molecule has 0 bridgehead atoms. The number of sulfonamides is 1. The first kappa shape index (κ1) is 20.0. The maximum Gasteiger partial charge on any atom is 0.252 e. The molecule has 1 fully saturated rings. The number of hydrogen-bond donors (Lipinski definition) is 2. The second-order valence-corrected chi connectivity index (χ2v) is 9.28. The van der Waals surface area contributed by atoms with Crippen molar-refractivity contribution >= 4 is 31.9 Å². The lowest BCUT2D eigenvalue weighted by atomic mass is 9.78. The third-order valence-corrected chi connectivity index (χ3v) is 6.72. The summed E-state index contributed by atoms with van der Waals surface area (Å²) in [6.45, 7) is 0.392. The lowest BCUT2D eigenvalue weighted by Crippen LogP contribution is -2.39. The van der Waals surface area contributed by atoms with Crippen molar-refractivity contribution in [2.24, 2.45) is 5.14 Å². The molecule has 1 aliphatic carbocycles. The lowest BCUT2D eigenvalue weighted by Gasteiger charge is -2.30. The van der Waals surface area contributed by atoms with Gasteiger partial charge in [0.05, 0.1) is 10.5 Å². The molecule has 0 atom stereocenters. The number of carbonyl (C=O) groups is 1. The molecule has 0 unspecified atom stereocenters. The van der Waals surface area contributed by atoms with Crippen molar-refractivity contribution in [2.45, 2.75) is 36.0 Å². The number of amides is 1. The fourth-order valence-corrected chi connectivity index (χ4v) is 4.59. The smallest absolute Gasteiger partial charge is 0.252 e. The zero-order chi connectivity index (χ0) is 19.7. The minimum Gasteiger partial charge on any atom is -0.351 e. The fraction of sp³-hybridized carbons (Fsp3) is 0.316. The van der Waals surface area contributed by atoms with E-state index in [1.807, 2.05) is 0 Å². The predicted molar refractivity (Wildman–Crippen MR) is 104 cm³/mol. The van der Waals surface area contributed by atoms with Gasteiger partial charge in [0.25, 0.3) is 5.91 Å². The van der Waals surface area contributed by atoms with Crippen LogP contribution in [-0.4, -0.2) is 20.9 Å². The van der Waals surface area contributed by atoms with E-state index < -0.39 is 10.0 Å². The largest absolute Gasteiger partial charge is 0.351 e. The van der Waals surface area contributed by atoms with Gasteiger partial charge in [-0.1, -0.05) is 25.0 Å². The molecule has 0 aromatic heterocycles. The van der Waals surface area contributed by atoms with Crippen molar-refractivity contribution in [1.82, 2.24) is 5.32 Å². The minimum atomic E-state index is -3.90. The average molecular weight is 455 g/mol. The Bertz CT molecular complexity index is 955. The summed E-state index contributed by atoms with van der Waals surface area (Å²) in [6, 6.07) is 10.5. The Morgan fingerprint density at radius 3 is 2.37 bits per heavy atom. The molecule has 2 aromatic carbocycles. The maximum atomic E-state index is 13.3.